The van der Waals surface area contributed by atoms with Crippen LogP contribution in [0.4, 0.5) is 5.82 Å². The molecule has 0 unspecified atom stereocenters. The molecule has 3 N–H and O–H groups in total. The molecule has 2 heterocycles. The van der Waals surface area contributed by atoms with Crippen LogP contribution in [0.25, 0.3) is 10.9 Å². The van der Waals surface area contributed by atoms with Gasteiger partial charge in [0.25, 0.3) is 5.91 Å². The van der Waals surface area contributed by atoms with Gasteiger partial charge < -0.3 is 15.0 Å². The minimum absolute atomic E-state index is 0.219. The second-order valence-corrected chi connectivity index (χ2v) is 4.29. The van der Waals surface area contributed by atoms with E-state index < -0.39 is 0 Å². The molecule has 2 aromatic heterocycles. The number of ether oxygens (including phenoxy) is 1. The highest BCUT2D eigenvalue weighted by Gasteiger charge is 2.10. The molecule has 0 spiro atoms. The van der Waals surface area contributed by atoms with E-state index in [0.717, 1.165) is 16.7 Å². The second kappa shape index (κ2) is 5.08. The molecule has 0 saturated heterocycles. The van der Waals surface area contributed by atoms with Crippen molar-refractivity contribution in [2.75, 3.05) is 11.9 Å². The number of rotatable bonds is 4. The number of benzene rings is 1. The van der Waals surface area contributed by atoms with Crippen LogP contribution < -0.4 is 10.1 Å². The van der Waals surface area contributed by atoms with Crippen molar-refractivity contribution in [2.45, 2.75) is 6.92 Å². The van der Waals surface area contributed by atoms with Gasteiger partial charge in [-0.15, -0.1) is 0 Å². The average molecular weight is 270 g/mol. The summed E-state index contributed by atoms with van der Waals surface area (Å²) < 4.78 is 5.44. The maximum absolute atomic E-state index is 12.1. The summed E-state index contributed by atoms with van der Waals surface area (Å²) in [6, 6.07) is 9.18. The van der Waals surface area contributed by atoms with Crippen LogP contribution >= 0.6 is 0 Å². The van der Waals surface area contributed by atoms with Gasteiger partial charge in [0, 0.05) is 23.0 Å². The average Bonchev–Trinajstić information content (AvgIpc) is 3.07. The Hall–Kier alpha value is -2.76. The van der Waals surface area contributed by atoms with Gasteiger partial charge >= 0.3 is 0 Å². The fourth-order valence-corrected chi connectivity index (χ4v) is 2.00. The van der Waals surface area contributed by atoms with Gasteiger partial charge in [-0.2, -0.15) is 5.10 Å². The predicted molar refractivity (Wildman–Crippen MR) is 76.0 cm³/mol. The minimum atomic E-state index is -0.219. The lowest BCUT2D eigenvalue weighted by Crippen LogP contribution is -2.12. The van der Waals surface area contributed by atoms with Crippen LogP contribution in [0.1, 0.15) is 17.4 Å². The summed E-state index contributed by atoms with van der Waals surface area (Å²) in [5.74, 6) is 1.12. The fraction of sp³-hybridized carbons (Fsp3) is 0.143. The minimum Gasteiger partial charge on any atom is -0.494 e. The van der Waals surface area contributed by atoms with Crippen molar-refractivity contribution >= 4 is 22.6 Å². The topological polar surface area (TPSA) is 82.8 Å². The summed E-state index contributed by atoms with van der Waals surface area (Å²) in [4.78, 5) is 15.2. The van der Waals surface area contributed by atoms with Gasteiger partial charge in [-0.05, 0) is 25.1 Å². The van der Waals surface area contributed by atoms with Crippen molar-refractivity contribution < 1.29 is 9.53 Å². The molecule has 0 aliphatic rings. The molecule has 0 aliphatic carbocycles. The van der Waals surface area contributed by atoms with E-state index in [1.807, 2.05) is 25.1 Å². The number of nitrogens with one attached hydrogen (secondary N) is 3. The zero-order valence-corrected chi connectivity index (χ0v) is 10.9. The summed E-state index contributed by atoms with van der Waals surface area (Å²) in [6.45, 7) is 2.54. The van der Waals surface area contributed by atoms with Crippen LogP contribution in [0, 0.1) is 0 Å². The smallest absolute Gasteiger partial charge is 0.273 e. The Morgan fingerprint density at radius 3 is 3.00 bits per heavy atom. The number of aromatic nitrogens is 3. The standard InChI is InChI=1S/C14H14N4O2/c1-2-20-10-4-3-9-7-12(16-11(9)8-10)14(19)17-13-5-6-15-18-13/h3-8,16H,2H2,1H3,(H2,15,17,18,19). The summed E-state index contributed by atoms with van der Waals surface area (Å²) in [5, 5.41) is 10.1. The first kappa shape index (κ1) is 12.3. The normalized spacial score (nSPS) is 10.7. The van der Waals surface area contributed by atoms with Crippen molar-refractivity contribution in [3.63, 3.8) is 0 Å². The Balaban J connectivity index is 1.86. The number of nitrogens with zero attached hydrogens (tertiary/aromatic N) is 1. The van der Waals surface area contributed by atoms with E-state index in [1.54, 1.807) is 18.3 Å². The lowest BCUT2D eigenvalue weighted by Gasteiger charge is -2.01. The van der Waals surface area contributed by atoms with E-state index in [9.17, 15) is 4.79 Å². The van der Waals surface area contributed by atoms with Gasteiger partial charge in [0.2, 0.25) is 0 Å². The van der Waals surface area contributed by atoms with Gasteiger partial charge in [-0.3, -0.25) is 9.89 Å². The maximum Gasteiger partial charge on any atom is 0.273 e. The molecule has 102 valence electrons. The molecular formula is C14H14N4O2. The number of fused-ring (bicyclic) bond motifs is 1. The van der Waals surface area contributed by atoms with Crippen LogP contribution in [0.2, 0.25) is 0 Å². The number of anilines is 1. The van der Waals surface area contributed by atoms with Crippen molar-refractivity contribution in [3.05, 3.63) is 42.2 Å². The molecule has 0 aliphatic heterocycles. The highest BCUT2D eigenvalue weighted by Crippen LogP contribution is 2.22. The third-order valence-corrected chi connectivity index (χ3v) is 2.90. The molecule has 1 aromatic carbocycles. The Kier molecular flexibility index (Phi) is 3.12. The Morgan fingerprint density at radius 1 is 1.35 bits per heavy atom. The predicted octanol–water partition coefficient (Wildman–Crippen LogP) is 2.54. The Morgan fingerprint density at radius 2 is 2.25 bits per heavy atom. The van der Waals surface area contributed by atoms with Crippen LogP contribution in [-0.2, 0) is 0 Å². The van der Waals surface area contributed by atoms with Gasteiger partial charge in [0.05, 0.1) is 12.8 Å². The lowest BCUT2D eigenvalue weighted by atomic mass is 10.2. The lowest BCUT2D eigenvalue weighted by molar-refractivity contribution is 0.102. The van der Waals surface area contributed by atoms with E-state index in [0.29, 0.717) is 18.1 Å². The molecule has 0 bridgehead atoms. The van der Waals surface area contributed by atoms with E-state index in [2.05, 4.69) is 20.5 Å². The van der Waals surface area contributed by atoms with E-state index in [-0.39, 0.29) is 5.91 Å². The number of hydrogen-bond donors (Lipinski definition) is 3. The van der Waals surface area contributed by atoms with Gasteiger partial charge in [0.15, 0.2) is 0 Å². The molecule has 0 atom stereocenters. The molecule has 3 aromatic rings. The first-order valence-corrected chi connectivity index (χ1v) is 6.32. The number of hydrogen-bond acceptors (Lipinski definition) is 3. The molecule has 0 radical (unpaired) electrons. The zero-order valence-electron chi connectivity index (χ0n) is 10.9. The first-order chi connectivity index (χ1) is 9.76. The van der Waals surface area contributed by atoms with Gasteiger partial charge in [-0.1, -0.05) is 0 Å². The van der Waals surface area contributed by atoms with Crippen LogP contribution in [-0.4, -0.2) is 27.7 Å². The summed E-state index contributed by atoms with van der Waals surface area (Å²) >= 11 is 0. The molecule has 3 rings (SSSR count). The van der Waals surface area contributed by atoms with E-state index in [4.69, 9.17) is 4.74 Å². The van der Waals surface area contributed by atoms with Crippen molar-refractivity contribution in [3.8, 4) is 5.75 Å². The molecule has 1 amide bonds. The summed E-state index contributed by atoms with van der Waals surface area (Å²) in [7, 11) is 0. The highest BCUT2D eigenvalue weighted by molar-refractivity contribution is 6.05. The van der Waals surface area contributed by atoms with Crippen molar-refractivity contribution in [1.29, 1.82) is 0 Å². The van der Waals surface area contributed by atoms with Crippen LogP contribution in [0.3, 0.4) is 0 Å². The third-order valence-electron chi connectivity index (χ3n) is 2.90. The Bertz CT molecular complexity index is 731. The second-order valence-electron chi connectivity index (χ2n) is 4.29. The highest BCUT2D eigenvalue weighted by atomic mass is 16.5. The molecule has 0 saturated carbocycles. The van der Waals surface area contributed by atoms with Crippen LogP contribution in [0.5, 0.6) is 5.75 Å². The number of carbonyl (C=O) groups is 1. The summed E-state index contributed by atoms with van der Waals surface area (Å²) in [5.41, 5.74) is 1.36. The summed E-state index contributed by atoms with van der Waals surface area (Å²) in [6.07, 6.45) is 1.58. The largest absolute Gasteiger partial charge is 0.494 e. The third kappa shape index (κ3) is 2.35. The molecule has 6 nitrogen and oxygen atoms in total. The van der Waals surface area contributed by atoms with Crippen LogP contribution in [0.15, 0.2) is 36.5 Å². The number of carbonyl (C=O) groups excluding carboxylic acids is 1. The maximum atomic E-state index is 12.1. The molecule has 6 heteroatoms. The Labute approximate surface area is 115 Å². The number of amides is 1. The number of aromatic amines is 2. The molecule has 20 heavy (non-hydrogen) atoms. The fourth-order valence-electron chi connectivity index (χ4n) is 2.00. The van der Waals surface area contributed by atoms with Crippen molar-refractivity contribution in [2.24, 2.45) is 0 Å². The van der Waals surface area contributed by atoms with Crippen molar-refractivity contribution in [1.82, 2.24) is 15.2 Å². The SMILES string of the molecule is CCOc1ccc2cc(C(=O)Nc3ccn[nH]3)[nH]c2c1. The van der Waals surface area contributed by atoms with E-state index in [1.165, 1.54) is 0 Å². The molecule has 0 fully saturated rings. The zero-order chi connectivity index (χ0) is 13.9. The molecular weight excluding hydrogens is 256 g/mol. The monoisotopic (exact) mass is 270 g/mol. The number of H-pyrrole nitrogens is 2. The quantitative estimate of drug-likeness (QED) is 0.681. The van der Waals surface area contributed by atoms with Gasteiger partial charge in [-0.25, -0.2) is 0 Å². The van der Waals surface area contributed by atoms with E-state index >= 15 is 0 Å². The van der Waals surface area contributed by atoms with Gasteiger partial charge in [0.1, 0.15) is 17.3 Å². The first-order valence-electron chi connectivity index (χ1n) is 6.32.